The summed E-state index contributed by atoms with van der Waals surface area (Å²) < 4.78 is 39.4. The molecule has 1 amide bonds. The molecule has 0 aliphatic heterocycles. The Bertz CT molecular complexity index is 671. The van der Waals surface area contributed by atoms with E-state index in [9.17, 15) is 18.0 Å². The molecule has 0 saturated heterocycles. The molecule has 0 aromatic heterocycles. The number of hydrazone groups is 1. The molecule has 2 aromatic rings. The normalized spacial score (nSPS) is 10.8. The van der Waals surface area contributed by atoms with E-state index in [0.29, 0.717) is 0 Å². The monoisotopic (exact) mass is 278 g/mol. The summed E-state index contributed by atoms with van der Waals surface area (Å²) in [6, 6.07) is 8.28. The van der Waals surface area contributed by atoms with E-state index in [1.165, 1.54) is 18.2 Å². The fourth-order valence-electron chi connectivity index (χ4n) is 1.47. The lowest BCUT2D eigenvalue weighted by atomic mass is 10.2. The number of nitrogens with one attached hydrogen (secondary N) is 1. The van der Waals surface area contributed by atoms with Crippen LogP contribution >= 0.6 is 0 Å². The third-order valence-corrected chi connectivity index (χ3v) is 2.45. The van der Waals surface area contributed by atoms with E-state index in [1.54, 1.807) is 6.07 Å². The molecule has 0 spiro atoms. The summed E-state index contributed by atoms with van der Waals surface area (Å²) >= 11 is 0. The van der Waals surface area contributed by atoms with E-state index in [-0.39, 0.29) is 5.56 Å². The molecule has 1 N–H and O–H groups in total. The van der Waals surface area contributed by atoms with Gasteiger partial charge in [-0.1, -0.05) is 18.2 Å². The van der Waals surface area contributed by atoms with Crippen molar-refractivity contribution >= 4 is 12.1 Å². The predicted octanol–water partition coefficient (Wildman–Crippen LogP) is 2.87. The van der Waals surface area contributed by atoms with Gasteiger partial charge in [0.05, 0.1) is 11.8 Å². The second-order valence-electron chi connectivity index (χ2n) is 3.84. The molecule has 6 heteroatoms. The number of hydrogen-bond acceptors (Lipinski definition) is 2. The van der Waals surface area contributed by atoms with Gasteiger partial charge in [0, 0.05) is 5.56 Å². The largest absolute Gasteiger partial charge is 0.274 e. The van der Waals surface area contributed by atoms with E-state index in [2.05, 4.69) is 5.10 Å². The van der Waals surface area contributed by atoms with E-state index >= 15 is 0 Å². The van der Waals surface area contributed by atoms with Crippen LogP contribution < -0.4 is 5.43 Å². The number of benzene rings is 2. The smallest absolute Gasteiger partial charge is 0.267 e. The van der Waals surface area contributed by atoms with E-state index in [1.807, 2.05) is 5.43 Å². The second-order valence-corrected chi connectivity index (χ2v) is 3.84. The fraction of sp³-hybridized carbons (Fsp3) is 0. The first-order valence-electron chi connectivity index (χ1n) is 5.61. The highest BCUT2D eigenvalue weighted by Crippen LogP contribution is 2.09. The van der Waals surface area contributed by atoms with Gasteiger partial charge in [-0.25, -0.2) is 18.6 Å². The summed E-state index contributed by atoms with van der Waals surface area (Å²) in [6.45, 7) is 0. The van der Waals surface area contributed by atoms with Gasteiger partial charge in [0.2, 0.25) is 0 Å². The van der Waals surface area contributed by atoms with Gasteiger partial charge >= 0.3 is 0 Å². The average Bonchev–Trinajstić information content (AvgIpc) is 2.43. The van der Waals surface area contributed by atoms with Gasteiger partial charge in [0.15, 0.2) is 0 Å². The first kappa shape index (κ1) is 13.8. The number of rotatable bonds is 3. The minimum atomic E-state index is -0.922. The molecule has 0 radical (unpaired) electrons. The zero-order valence-corrected chi connectivity index (χ0v) is 10.1. The van der Waals surface area contributed by atoms with Crippen LogP contribution in [0.2, 0.25) is 0 Å². The molecular weight excluding hydrogens is 269 g/mol. The molecule has 0 heterocycles. The van der Waals surface area contributed by atoms with E-state index in [4.69, 9.17) is 0 Å². The van der Waals surface area contributed by atoms with Crippen LogP contribution in [0.4, 0.5) is 13.2 Å². The molecule has 102 valence electrons. The molecule has 0 aliphatic rings. The van der Waals surface area contributed by atoms with Crippen molar-refractivity contribution in [2.75, 3.05) is 0 Å². The van der Waals surface area contributed by atoms with Gasteiger partial charge in [0.25, 0.3) is 5.91 Å². The van der Waals surface area contributed by atoms with Crippen LogP contribution in [0.5, 0.6) is 0 Å². The zero-order valence-electron chi connectivity index (χ0n) is 10.1. The summed E-state index contributed by atoms with van der Waals surface area (Å²) in [4.78, 5) is 11.6. The highest BCUT2D eigenvalue weighted by atomic mass is 19.1. The molecular formula is C14H9F3N2O. The van der Waals surface area contributed by atoms with Crippen LogP contribution in [-0.2, 0) is 0 Å². The van der Waals surface area contributed by atoms with Gasteiger partial charge < -0.3 is 0 Å². The topological polar surface area (TPSA) is 41.5 Å². The van der Waals surface area contributed by atoms with E-state index < -0.39 is 28.9 Å². The van der Waals surface area contributed by atoms with Crippen molar-refractivity contribution in [2.45, 2.75) is 0 Å². The maximum atomic E-state index is 13.3. The maximum Gasteiger partial charge on any atom is 0.274 e. The Kier molecular flexibility index (Phi) is 4.14. The number of carbonyl (C=O) groups is 1. The number of halogens is 3. The lowest BCUT2D eigenvalue weighted by Crippen LogP contribution is -2.19. The summed E-state index contributed by atoms with van der Waals surface area (Å²) in [7, 11) is 0. The summed E-state index contributed by atoms with van der Waals surface area (Å²) in [6.07, 6.45) is 1.07. The van der Waals surface area contributed by atoms with Gasteiger partial charge in [-0.15, -0.1) is 0 Å². The van der Waals surface area contributed by atoms with Gasteiger partial charge in [0.1, 0.15) is 17.5 Å². The predicted molar refractivity (Wildman–Crippen MR) is 67.8 cm³/mol. The van der Waals surface area contributed by atoms with Crippen LogP contribution in [0.1, 0.15) is 15.9 Å². The number of nitrogens with zero attached hydrogens (tertiary/aromatic N) is 1. The second kappa shape index (κ2) is 6.01. The number of carbonyl (C=O) groups excluding carboxylic acids is 1. The van der Waals surface area contributed by atoms with Crippen molar-refractivity contribution in [3.8, 4) is 0 Å². The van der Waals surface area contributed by atoms with Crippen molar-refractivity contribution in [3.05, 3.63) is 71.0 Å². The fourth-order valence-corrected chi connectivity index (χ4v) is 1.47. The molecule has 0 atom stereocenters. The lowest BCUT2D eigenvalue weighted by Gasteiger charge is -2.01. The zero-order chi connectivity index (χ0) is 14.5. The molecule has 0 bridgehead atoms. The molecule has 2 aromatic carbocycles. The lowest BCUT2D eigenvalue weighted by molar-refractivity contribution is 0.0950. The van der Waals surface area contributed by atoms with Crippen molar-refractivity contribution in [2.24, 2.45) is 5.10 Å². The van der Waals surface area contributed by atoms with Gasteiger partial charge in [-0.2, -0.15) is 5.10 Å². The molecule has 3 nitrogen and oxygen atoms in total. The van der Waals surface area contributed by atoms with E-state index in [0.717, 1.165) is 24.4 Å². The van der Waals surface area contributed by atoms with Crippen LogP contribution in [0.3, 0.4) is 0 Å². The van der Waals surface area contributed by atoms with Crippen molar-refractivity contribution in [1.82, 2.24) is 5.43 Å². The number of amides is 1. The first-order chi connectivity index (χ1) is 9.58. The van der Waals surface area contributed by atoms with Gasteiger partial charge in [-0.3, -0.25) is 4.79 Å². The van der Waals surface area contributed by atoms with Crippen LogP contribution in [0.15, 0.2) is 47.6 Å². The van der Waals surface area contributed by atoms with Crippen molar-refractivity contribution in [3.63, 3.8) is 0 Å². The standard InChI is InChI=1S/C14H9F3N2O/c15-10-5-6-13(17)11(7-10)14(20)19-18-8-9-3-1-2-4-12(9)16/h1-8H,(H,19,20)/b18-8+. The van der Waals surface area contributed by atoms with Crippen LogP contribution in [0.25, 0.3) is 0 Å². The summed E-state index contributed by atoms with van der Waals surface area (Å²) in [5, 5.41) is 3.50. The van der Waals surface area contributed by atoms with Gasteiger partial charge in [-0.05, 0) is 24.3 Å². The Balaban J connectivity index is 2.09. The Labute approximate surface area is 112 Å². The van der Waals surface area contributed by atoms with Crippen LogP contribution in [0, 0.1) is 17.5 Å². The SMILES string of the molecule is O=C(N/N=C/c1ccccc1F)c1cc(F)ccc1F. The van der Waals surface area contributed by atoms with Crippen molar-refractivity contribution in [1.29, 1.82) is 0 Å². The Hall–Kier alpha value is -2.63. The maximum absolute atomic E-state index is 13.3. The quantitative estimate of drug-likeness (QED) is 0.680. The highest BCUT2D eigenvalue weighted by molar-refractivity contribution is 5.95. The van der Waals surface area contributed by atoms with Crippen LogP contribution in [-0.4, -0.2) is 12.1 Å². The summed E-state index contributed by atoms with van der Waals surface area (Å²) in [5.74, 6) is -3.04. The minimum Gasteiger partial charge on any atom is -0.267 e. The average molecular weight is 278 g/mol. The highest BCUT2D eigenvalue weighted by Gasteiger charge is 2.11. The molecule has 0 fully saturated rings. The van der Waals surface area contributed by atoms with Crippen molar-refractivity contribution < 1.29 is 18.0 Å². The molecule has 0 aliphatic carbocycles. The number of hydrogen-bond donors (Lipinski definition) is 1. The Morgan fingerprint density at radius 2 is 1.80 bits per heavy atom. The Morgan fingerprint density at radius 1 is 1.05 bits per heavy atom. The third-order valence-electron chi connectivity index (χ3n) is 2.45. The summed E-state index contributed by atoms with van der Waals surface area (Å²) in [5.41, 5.74) is 1.68. The first-order valence-corrected chi connectivity index (χ1v) is 5.61. The molecule has 0 saturated carbocycles. The minimum absolute atomic E-state index is 0.160. The Morgan fingerprint density at radius 3 is 2.55 bits per heavy atom. The molecule has 20 heavy (non-hydrogen) atoms. The molecule has 2 rings (SSSR count). The third kappa shape index (κ3) is 3.23. The molecule has 0 unspecified atom stereocenters.